The van der Waals surface area contributed by atoms with Crippen LogP contribution in [0.3, 0.4) is 0 Å². The van der Waals surface area contributed by atoms with Crippen molar-refractivity contribution in [3.8, 4) is 5.75 Å². The van der Waals surface area contributed by atoms with Gasteiger partial charge in [-0.25, -0.2) is 18.1 Å². The lowest BCUT2D eigenvalue weighted by atomic mass is 10.1. The SMILES string of the molecule is C=N/C=C\C(=C/C)CNc1ncccc1C(=O)Nc1ccc(C(F)(F)F)c(OCCNS(C)(=O)=O)c1. The number of sulfonamides is 1. The number of carbonyl (C=O) groups excluding carboxylic acids is 1. The number of hydrogen-bond donors (Lipinski definition) is 3. The highest BCUT2D eigenvalue weighted by Gasteiger charge is 2.34. The van der Waals surface area contributed by atoms with Gasteiger partial charge in [0.1, 0.15) is 18.2 Å². The second-order valence-corrected chi connectivity index (χ2v) is 9.13. The molecular formula is C23H26F3N5O4S. The number of benzene rings is 1. The van der Waals surface area contributed by atoms with E-state index >= 15 is 0 Å². The van der Waals surface area contributed by atoms with Crippen LogP contribution in [0.5, 0.6) is 5.75 Å². The number of nitrogens with zero attached hydrogens (tertiary/aromatic N) is 2. The molecule has 1 amide bonds. The standard InChI is InChI=1S/C23H26F3N5O4S/c1-4-16(9-11-27-2)15-29-21-18(6-5-10-28-21)22(32)31-17-7-8-19(23(24,25)26)20(14-17)35-13-12-30-36(3,33)34/h4-11,14,30H,2,12-13,15H2,1,3H3,(H,28,29)(H,31,32)/b11-9-,16-4+. The van der Waals surface area contributed by atoms with Crippen LogP contribution in [-0.4, -0.2) is 52.0 Å². The minimum Gasteiger partial charge on any atom is -0.492 e. The molecule has 194 valence electrons. The quantitative estimate of drug-likeness (QED) is 0.220. The number of rotatable bonds is 12. The van der Waals surface area contributed by atoms with Crippen LogP contribution in [0.15, 0.2) is 65.4 Å². The Labute approximate surface area is 207 Å². The molecule has 0 saturated heterocycles. The normalized spacial score (nSPS) is 12.4. The van der Waals surface area contributed by atoms with Gasteiger partial charge in [-0.1, -0.05) is 6.08 Å². The summed E-state index contributed by atoms with van der Waals surface area (Å²) in [6.07, 6.45) is 2.78. The average molecular weight is 526 g/mol. The number of pyridine rings is 1. The smallest absolute Gasteiger partial charge is 0.419 e. The van der Waals surface area contributed by atoms with E-state index in [0.29, 0.717) is 6.54 Å². The second-order valence-electron chi connectivity index (χ2n) is 7.29. The molecule has 0 spiro atoms. The van der Waals surface area contributed by atoms with Crippen molar-refractivity contribution in [1.29, 1.82) is 0 Å². The highest BCUT2D eigenvalue weighted by atomic mass is 32.2. The van der Waals surface area contributed by atoms with Crippen LogP contribution in [0.4, 0.5) is 24.7 Å². The number of hydrogen-bond acceptors (Lipinski definition) is 7. The summed E-state index contributed by atoms with van der Waals surface area (Å²) in [5.74, 6) is -0.898. The second kappa shape index (κ2) is 12.8. The van der Waals surface area contributed by atoms with Crippen molar-refractivity contribution in [3.63, 3.8) is 0 Å². The third-order valence-electron chi connectivity index (χ3n) is 4.55. The Bertz CT molecular complexity index is 1240. The number of carbonyl (C=O) groups is 1. The van der Waals surface area contributed by atoms with Crippen LogP contribution in [-0.2, 0) is 16.2 Å². The van der Waals surface area contributed by atoms with Crippen molar-refractivity contribution < 1.29 is 31.1 Å². The van der Waals surface area contributed by atoms with Crippen LogP contribution < -0.4 is 20.1 Å². The summed E-state index contributed by atoms with van der Waals surface area (Å²) in [5.41, 5.74) is 0.000323. The molecule has 36 heavy (non-hydrogen) atoms. The zero-order chi connectivity index (χ0) is 26.8. The van der Waals surface area contributed by atoms with E-state index in [1.807, 2.05) is 13.0 Å². The van der Waals surface area contributed by atoms with Crippen LogP contribution in [0.2, 0.25) is 0 Å². The van der Waals surface area contributed by atoms with E-state index in [9.17, 15) is 26.4 Å². The summed E-state index contributed by atoms with van der Waals surface area (Å²) >= 11 is 0. The number of amides is 1. The van der Waals surface area contributed by atoms with E-state index in [0.717, 1.165) is 30.0 Å². The molecule has 1 heterocycles. The molecule has 2 rings (SSSR count). The van der Waals surface area contributed by atoms with Crippen molar-refractivity contribution in [1.82, 2.24) is 9.71 Å². The molecule has 0 aliphatic heterocycles. The Morgan fingerprint density at radius 1 is 1.28 bits per heavy atom. The van der Waals surface area contributed by atoms with Gasteiger partial charge in [-0.2, -0.15) is 13.2 Å². The molecule has 2 aromatic rings. The fraction of sp³-hybridized carbons (Fsp3) is 0.261. The van der Waals surface area contributed by atoms with Gasteiger partial charge in [0.15, 0.2) is 0 Å². The lowest BCUT2D eigenvalue weighted by Crippen LogP contribution is -2.27. The first-order valence-corrected chi connectivity index (χ1v) is 12.4. The molecule has 0 saturated carbocycles. The first-order valence-electron chi connectivity index (χ1n) is 10.5. The molecule has 1 aromatic carbocycles. The van der Waals surface area contributed by atoms with Crippen molar-refractivity contribution in [2.45, 2.75) is 13.1 Å². The summed E-state index contributed by atoms with van der Waals surface area (Å²) in [7, 11) is -3.53. The summed E-state index contributed by atoms with van der Waals surface area (Å²) in [5, 5.41) is 5.58. The highest BCUT2D eigenvalue weighted by Crippen LogP contribution is 2.37. The molecule has 0 fully saturated rings. The minimum atomic E-state index is -4.72. The number of allylic oxidation sites excluding steroid dienone is 1. The molecule has 0 radical (unpaired) electrons. The summed E-state index contributed by atoms with van der Waals surface area (Å²) in [6, 6.07) is 5.95. The Kier molecular flexibility index (Phi) is 10.2. The van der Waals surface area contributed by atoms with E-state index in [-0.39, 0.29) is 30.2 Å². The Morgan fingerprint density at radius 2 is 2.03 bits per heavy atom. The maximum atomic E-state index is 13.4. The van der Waals surface area contributed by atoms with Crippen molar-refractivity contribution in [2.75, 3.05) is 36.6 Å². The molecule has 1 aromatic heterocycles. The molecular weight excluding hydrogens is 499 g/mol. The molecule has 0 atom stereocenters. The predicted molar refractivity (Wildman–Crippen MR) is 133 cm³/mol. The van der Waals surface area contributed by atoms with Crippen LogP contribution in [0, 0.1) is 0 Å². The average Bonchev–Trinajstić information content (AvgIpc) is 2.81. The van der Waals surface area contributed by atoms with Crippen LogP contribution in [0.1, 0.15) is 22.8 Å². The molecule has 0 aliphatic carbocycles. The monoisotopic (exact) mass is 525 g/mol. The molecule has 0 unspecified atom stereocenters. The van der Waals surface area contributed by atoms with Crippen molar-refractivity contribution in [2.24, 2.45) is 4.99 Å². The number of alkyl halides is 3. The maximum absolute atomic E-state index is 13.4. The zero-order valence-electron chi connectivity index (χ0n) is 19.6. The number of ether oxygens (including phenoxy) is 1. The highest BCUT2D eigenvalue weighted by molar-refractivity contribution is 7.88. The van der Waals surface area contributed by atoms with E-state index in [2.05, 4.69) is 32.0 Å². The van der Waals surface area contributed by atoms with Crippen molar-refractivity contribution >= 4 is 34.2 Å². The number of anilines is 2. The summed E-state index contributed by atoms with van der Waals surface area (Å²) in [6.45, 7) is 4.95. The fourth-order valence-electron chi connectivity index (χ4n) is 2.86. The Morgan fingerprint density at radius 3 is 2.67 bits per heavy atom. The molecule has 3 N–H and O–H groups in total. The topological polar surface area (TPSA) is 122 Å². The lowest BCUT2D eigenvalue weighted by molar-refractivity contribution is -0.138. The van der Waals surface area contributed by atoms with Gasteiger partial charge in [-0.3, -0.25) is 9.79 Å². The number of aromatic nitrogens is 1. The Balaban J connectivity index is 2.21. The predicted octanol–water partition coefficient (Wildman–Crippen LogP) is 3.85. The largest absolute Gasteiger partial charge is 0.492 e. The fourth-order valence-corrected chi connectivity index (χ4v) is 3.32. The van der Waals surface area contributed by atoms with Gasteiger partial charge in [0.25, 0.3) is 5.91 Å². The lowest BCUT2D eigenvalue weighted by Gasteiger charge is -2.16. The zero-order valence-corrected chi connectivity index (χ0v) is 20.4. The first-order chi connectivity index (χ1) is 16.9. The van der Waals surface area contributed by atoms with Crippen LogP contribution in [0.25, 0.3) is 0 Å². The summed E-state index contributed by atoms with van der Waals surface area (Å²) < 4.78 is 69.8. The molecule has 0 bridgehead atoms. The summed E-state index contributed by atoms with van der Waals surface area (Å²) in [4.78, 5) is 20.7. The minimum absolute atomic E-state index is 0.0445. The number of aliphatic imine (C=N–C) groups is 1. The number of halogens is 3. The maximum Gasteiger partial charge on any atom is 0.419 e. The van der Waals surface area contributed by atoms with E-state index in [1.165, 1.54) is 18.5 Å². The van der Waals surface area contributed by atoms with E-state index in [4.69, 9.17) is 4.74 Å². The Hall–Kier alpha value is -3.71. The molecule has 13 heteroatoms. The third kappa shape index (κ3) is 9.15. The molecule has 0 aliphatic rings. The van der Waals surface area contributed by atoms with Gasteiger partial charge < -0.3 is 15.4 Å². The third-order valence-corrected chi connectivity index (χ3v) is 5.27. The van der Waals surface area contributed by atoms with Gasteiger partial charge in [0, 0.05) is 37.2 Å². The van der Waals surface area contributed by atoms with E-state index < -0.39 is 33.4 Å². The van der Waals surface area contributed by atoms with Gasteiger partial charge in [0.2, 0.25) is 10.0 Å². The molecule has 9 nitrogen and oxygen atoms in total. The van der Waals surface area contributed by atoms with Gasteiger partial charge in [-0.15, -0.1) is 0 Å². The van der Waals surface area contributed by atoms with Gasteiger partial charge in [-0.05, 0) is 49.6 Å². The van der Waals surface area contributed by atoms with Gasteiger partial charge in [0.05, 0.1) is 17.4 Å². The van der Waals surface area contributed by atoms with Crippen LogP contribution >= 0.6 is 0 Å². The van der Waals surface area contributed by atoms with Gasteiger partial charge >= 0.3 is 6.18 Å². The van der Waals surface area contributed by atoms with E-state index in [1.54, 1.807) is 12.1 Å². The number of nitrogens with one attached hydrogen (secondary N) is 3. The van der Waals surface area contributed by atoms with Crippen molar-refractivity contribution in [3.05, 3.63) is 71.6 Å². The first kappa shape index (κ1) is 28.5.